The number of amides is 1. The summed E-state index contributed by atoms with van der Waals surface area (Å²) in [5.41, 5.74) is 0.267. The SMILES string of the molecule is CC1CN(C(=O)c2ccc([N+](=O)[O-])[nH]2)CC(C)N1.Cl. The van der Waals surface area contributed by atoms with Gasteiger partial charge >= 0.3 is 5.82 Å². The third kappa shape index (κ3) is 3.45. The lowest BCUT2D eigenvalue weighted by atomic mass is 10.1. The van der Waals surface area contributed by atoms with Crippen molar-refractivity contribution >= 4 is 24.1 Å². The maximum atomic E-state index is 12.2. The number of aromatic nitrogens is 1. The molecular formula is C11H17ClN4O3. The third-order valence-corrected chi connectivity index (χ3v) is 2.94. The predicted octanol–water partition coefficient (Wildman–Crippen LogP) is 1.17. The summed E-state index contributed by atoms with van der Waals surface area (Å²) in [4.78, 5) is 26.4. The van der Waals surface area contributed by atoms with Crippen LogP contribution in [0.25, 0.3) is 0 Å². The van der Waals surface area contributed by atoms with Crippen molar-refractivity contribution in [3.8, 4) is 0 Å². The molecule has 106 valence electrons. The van der Waals surface area contributed by atoms with E-state index in [1.165, 1.54) is 12.1 Å². The Morgan fingerprint density at radius 1 is 1.37 bits per heavy atom. The lowest BCUT2D eigenvalue weighted by molar-refractivity contribution is -0.389. The summed E-state index contributed by atoms with van der Waals surface area (Å²) in [6.45, 7) is 5.23. The molecule has 1 aromatic rings. The maximum Gasteiger partial charge on any atom is 0.321 e. The minimum Gasteiger partial charge on any atom is -0.358 e. The van der Waals surface area contributed by atoms with E-state index < -0.39 is 4.92 Å². The summed E-state index contributed by atoms with van der Waals surface area (Å²) in [6.07, 6.45) is 0. The highest BCUT2D eigenvalue weighted by molar-refractivity contribution is 5.93. The number of carbonyl (C=O) groups excluding carboxylic acids is 1. The molecule has 8 heteroatoms. The molecule has 0 saturated carbocycles. The van der Waals surface area contributed by atoms with Crippen LogP contribution in [0.3, 0.4) is 0 Å². The van der Waals surface area contributed by atoms with Crippen LogP contribution in [0, 0.1) is 10.1 Å². The van der Waals surface area contributed by atoms with Gasteiger partial charge in [0.15, 0.2) is 5.69 Å². The fourth-order valence-electron chi connectivity index (χ4n) is 2.28. The number of aromatic amines is 1. The zero-order chi connectivity index (χ0) is 13.3. The van der Waals surface area contributed by atoms with Crippen LogP contribution in [0.5, 0.6) is 0 Å². The van der Waals surface area contributed by atoms with Crippen molar-refractivity contribution in [2.75, 3.05) is 13.1 Å². The molecule has 2 N–H and O–H groups in total. The van der Waals surface area contributed by atoms with Gasteiger partial charge in [-0.25, -0.2) is 4.98 Å². The standard InChI is InChI=1S/C11H16N4O3.ClH/c1-7-5-14(6-8(2)12-7)11(16)9-3-4-10(13-9)15(17)18;/h3-4,7-8,12-13H,5-6H2,1-2H3;1H. The van der Waals surface area contributed by atoms with Gasteiger partial charge in [0.25, 0.3) is 5.91 Å². The Morgan fingerprint density at radius 2 is 1.95 bits per heavy atom. The van der Waals surface area contributed by atoms with E-state index in [9.17, 15) is 14.9 Å². The fourth-order valence-corrected chi connectivity index (χ4v) is 2.28. The molecule has 7 nitrogen and oxygen atoms in total. The van der Waals surface area contributed by atoms with Crippen molar-refractivity contribution in [3.05, 3.63) is 27.9 Å². The average Bonchev–Trinajstić information content (AvgIpc) is 2.75. The molecule has 1 aliphatic rings. The molecule has 1 aromatic heterocycles. The molecule has 1 amide bonds. The Morgan fingerprint density at radius 3 is 2.42 bits per heavy atom. The van der Waals surface area contributed by atoms with Crippen LogP contribution in [-0.2, 0) is 0 Å². The number of rotatable bonds is 2. The van der Waals surface area contributed by atoms with Gasteiger partial charge in [-0.1, -0.05) is 0 Å². The van der Waals surface area contributed by atoms with Gasteiger partial charge in [0.05, 0.1) is 0 Å². The topological polar surface area (TPSA) is 91.3 Å². The van der Waals surface area contributed by atoms with Crippen molar-refractivity contribution in [2.24, 2.45) is 0 Å². The van der Waals surface area contributed by atoms with Crippen LogP contribution in [0.4, 0.5) is 5.82 Å². The minimum atomic E-state index is -0.542. The number of halogens is 1. The van der Waals surface area contributed by atoms with E-state index in [4.69, 9.17) is 0 Å². The Hall–Kier alpha value is -1.60. The monoisotopic (exact) mass is 288 g/mol. The van der Waals surface area contributed by atoms with Crippen molar-refractivity contribution in [2.45, 2.75) is 25.9 Å². The van der Waals surface area contributed by atoms with Gasteiger partial charge in [0.1, 0.15) is 0 Å². The van der Waals surface area contributed by atoms with Crippen LogP contribution in [0.1, 0.15) is 24.3 Å². The Balaban J connectivity index is 0.00000180. The van der Waals surface area contributed by atoms with E-state index in [1.807, 2.05) is 13.8 Å². The highest BCUT2D eigenvalue weighted by atomic mass is 35.5. The summed E-state index contributed by atoms with van der Waals surface area (Å²) < 4.78 is 0. The van der Waals surface area contributed by atoms with Crippen molar-refractivity contribution < 1.29 is 9.72 Å². The number of nitro groups is 1. The van der Waals surface area contributed by atoms with Gasteiger partial charge in [-0.05, 0) is 24.8 Å². The highest BCUT2D eigenvalue weighted by Crippen LogP contribution is 2.14. The first-order valence-corrected chi connectivity index (χ1v) is 5.86. The van der Waals surface area contributed by atoms with E-state index in [-0.39, 0.29) is 41.9 Å². The summed E-state index contributed by atoms with van der Waals surface area (Å²) in [7, 11) is 0. The van der Waals surface area contributed by atoms with E-state index in [2.05, 4.69) is 10.3 Å². The molecule has 0 radical (unpaired) electrons. The number of piperazine rings is 1. The number of nitrogens with one attached hydrogen (secondary N) is 2. The molecule has 0 aliphatic carbocycles. The van der Waals surface area contributed by atoms with Crippen LogP contribution in [0.15, 0.2) is 12.1 Å². The summed E-state index contributed by atoms with van der Waals surface area (Å²) >= 11 is 0. The van der Waals surface area contributed by atoms with Crippen LogP contribution < -0.4 is 5.32 Å². The van der Waals surface area contributed by atoms with Gasteiger partial charge < -0.3 is 20.3 Å². The van der Waals surface area contributed by atoms with E-state index in [1.54, 1.807) is 4.90 Å². The summed E-state index contributed by atoms with van der Waals surface area (Å²) in [6, 6.07) is 3.21. The average molecular weight is 289 g/mol. The van der Waals surface area contributed by atoms with E-state index in [0.717, 1.165) is 0 Å². The molecular weight excluding hydrogens is 272 g/mol. The Labute approximate surface area is 116 Å². The molecule has 2 atom stereocenters. The summed E-state index contributed by atoms with van der Waals surface area (Å²) in [5, 5.41) is 13.9. The molecule has 2 rings (SSSR count). The molecule has 19 heavy (non-hydrogen) atoms. The van der Waals surface area contributed by atoms with Gasteiger partial charge in [0, 0.05) is 31.2 Å². The zero-order valence-corrected chi connectivity index (χ0v) is 11.6. The molecule has 1 aliphatic heterocycles. The maximum absolute atomic E-state index is 12.2. The highest BCUT2D eigenvalue weighted by Gasteiger charge is 2.28. The van der Waals surface area contributed by atoms with Crippen molar-refractivity contribution in [1.29, 1.82) is 0 Å². The van der Waals surface area contributed by atoms with Crippen molar-refractivity contribution in [1.82, 2.24) is 15.2 Å². The second-order valence-electron chi connectivity index (χ2n) is 4.69. The smallest absolute Gasteiger partial charge is 0.321 e. The largest absolute Gasteiger partial charge is 0.358 e. The fraction of sp³-hybridized carbons (Fsp3) is 0.545. The molecule has 1 saturated heterocycles. The third-order valence-electron chi connectivity index (χ3n) is 2.94. The molecule has 1 fully saturated rings. The quantitative estimate of drug-likeness (QED) is 0.631. The second kappa shape index (κ2) is 6.03. The first kappa shape index (κ1) is 15.5. The van der Waals surface area contributed by atoms with Gasteiger partial charge in [-0.3, -0.25) is 4.79 Å². The first-order valence-electron chi connectivity index (χ1n) is 5.86. The van der Waals surface area contributed by atoms with Crippen LogP contribution in [0.2, 0.25) is 0 Å². The van der Waals surface area contributed by atoms with Gasteiger partial charge in [0.2, 0.25) is 0 Å². The van der Waals surface area contributed by atoms with Gasteiger partial charge in [-0.15, -0.1) is 12.4 Å². The first-order chi connectivity index (χ1) is 8.47. The van der Waals surface area contributed by atoms with Crippen molar-refractivity contribution in [3.63, 3.8) is 0 Å². The summed E-state index contributed by atoms with van der Waals surface area (Å²) in [5.74, 6) is -0.349. The molecule has 0 spiro atoms. The molecule has 0 aromatic carbocycles. The Kier molecular flexibility index (Phi) is 4.90. The minimum absolute atomic E-state index is 0. The van der Waals surface area contributed by atoms with E-state index >= 15 is 0 Å². The number of hydrogen-bond donors (Lipinski definition) is 2. The predicted molar refractivity (Wildman–Crippen MR) is 72.7 cm³/mol. The number of hydrogen-bond acceptors (Lipinski definition) is 4. The number of carbonyl (C=O) groups is 1. The lowest BCUT2D eigenvalue weighted by Gasteiger charge is -2.35. The number of nitrogens with zero attached hydrogens (tertiary/aromatic N) is 2. The molecule has 2 unspecified atom stereocenters. The number of H-pyrrole nitrogens is 1. The Bertz CT molecular complexity index is 466. The van der Waals surface area contributed by atoms with E-state index in [0.29, 0.717) is 13.1 Å². The van der Waals surface area contributed by atoms with Gasteiger partial charge in [-0.2, -0.15) is 0 Å². The zero-order valence-electron chi connectivity index (χ0n) is 10.8. The molecule has 2 heterocycles. The van der Waals surface area contributed by atoms with Crippen LogP contribution >= 0.6 is 12.4 Å². The lowest BCUT2D eigenvalue weighted by Crippen LogP contribution is -2.55. The normalized spacial score (nSPS) is 22.7. The second-order valence-corrected chi connectivity index (χ2v) is 4.69. The van der Waals surface area contributed by atoms with Crippen LogP contribution in [-0.4, -0.2) is 45.9 Å². The molecule has 0 bridgehead atoms.